The van der Waals surface area contributed by atoms with Crippen molar-refractivity contribution >= 4 is 17.7 Å². The molecule has 0 aliphatic heterocycles. The molecule has 0 radical (unpaired) electrons. The number of hydrogen-bond donors (Lipinski definition) is 1. The van der Waals surface area contributed by atoms with Crippen LogP contribution in [0.15, 0.2) is 0 Å². The second-order valence-electron chi connectivity index (χ2n) is 5.43. The van der Waals surface area contributed by atoms with Crippen molar-refractivity contribution in [1.29, 1.82) is 0 Å². The summed E-state index contributed by atoms with van der Waals surface area (Å²) in [6, 6.07) is 0. The standard InChI is InChI=1S/C14H21F7O2S/c1-2-3-4-7-10(11(22)23)24-9-6-5-8-12(15,16)13(17,18)14(19,20)21/h10H,2-9H2,1H3,(H,22,23). The Labute approximate surface area is 140 Å². The van der Waals surface area contributed by atoms with Crippen LogP contribution in [0.25, 0.3) is 0 Å². The van der Waals surface area contributed by atoms with Crippen LogP contribution in [0.4, 0.5) is 30.7 Å². The van der Waals surface area contributed by atoms with Gasteiger partial charge in [-0.05, 0) is 25.0 Å². The summed E-state index contributed by atoms with van der Waals surface area (Å²) in [6.45, 7) is 1.94. The topological polar surface area (TPSA) is 37.3 Å². The molecule has 1 atom stereocenters. The molecule has 10 heteroatoms. The van der Waals surface area contributed by atoms with Crippen LogP contribution in [0.5, 0.6) is 0 Å². The van der Waals surface area contributed by atoms with Gasteiger partial charge in [0.2, 0.25) is 0 Å². The Morgan fingerprint density at radius 2 is 1.58 bits per heavy atom. The molecule has 2 nitrogen and oxygen atoms in total. The highest BCUT2D eigenvalue weighted by atomic mass is 32.2. The van der Waals surface area contributed by atoms with Crippen molar-refractivity contribution < 1.29 is 40.6 Å². The predicted molar refractivity (Wildman–Crippen MR) is 77.8 cm³/mol. The first kappa shape index (κ1) is 23.3. The van der Waals surface area contributed by atoms with E-state index in [1.807, 2.05) is 6.92 Å². The van der Waals surface area contributed by atoms with Crippen LogP contribution in [0.1, 0.15) is 51.9 Å². The van der Waals surface area contributed by atoms with E-state index in [0.717, 1.165) is 24.6 Å². The van der Waals surface area contributed by atoms with Crippen LogP contribution in [-0.4, -0.2) is 40.1 Å². The maximum absolute atomic E-state index is 13.0. The van der Waals surface area contributed by atoms with Crippen molar-refractivity contribution in [2.45, 2.75) is 75.1 Å². The van der Waals surface area contributed by atoms with E-state index in [4.69, 9.17) is 5.11 Å². The van der Waals surface area contributed by atoms with Gasteiger partial charge in [0, 0.05) is 6.42 Å². The normalized spacial score (nSPS) is 14.7. The van der Waals surface area contributed by atoms with Crippen molar-refractivity contribution in [1.82, 2.24) is 0 Å². The Bertz CT molecular complexity index is 386. The van der Waals surface area contributed by atoms with Gasteiger partial charge in [0.1, 0.15) is 5.25 Å². The third kappa shape index (κ3) is 7.06. The number of halogens is 7. The summed E-state index contributed by atoms with van der Waals surface area (Å²) < 4.78 is 87.3. The van der Waals surface area contributed by atoms with Gasteiger partial charge in [0.25, 0.3) is 0 Å². The van der Waals surface area contributed by atoms with Crippen molar-refractivity contribution in [2.24, 2.45) is 0 Å². The largest absolute Gasteiger partial charge is 0.480 e. The van der Waals surface area contributed by atoms with Crippen molar-refractivity contribution in [3.63, 3.8) is 0 Å². The predicted octanol–water partition coefficient (Wildman–Crippen LogP) is 5.76. The first-order chi connectivity index (χ1) is 10.9. The molecule has 0 spiro atoms. The Kier molecular flexibility index (Phi) is 9.45. The van der Waals surface area contributed by atoms with Gasteiger partial charge in [0.15, 0.2) is 0 Å². The third-order valence-corrected chi connectivity index (χ3v) is 4.73. The maximum atomic E-state index is 13.0. The van der Waals surface area contributed by atoms with Crippen LogP contribution >= 0.6 is 11.8 Å². The van der Waals surface area contributed by atoms with E-state index in [0.29, 0.717) is 12.8 Å². The molecule has 1 N–H and O–H groups in total. The van der Waals surface area contributed by atoms with Crippen LogP contribution in [0, 0.1) is 0 Å². The minimum Gasteiger partial charge on any atom is -0.480 e. The van der Waals surface area contributed by atoms with Gasteiger partial charge < -0.3 is 5.11 Å². The maximum Gasteiger partial charge on any atom is 0.459 e. The summed E-state index contributed by atoms with van der Waals surface area (Å²) in [6.07, 6.45) is -5.68. The van der Waals surface area contributed by atoms with Crippen LogP contribution in [-0.2, 0) is 4.79 Å². The third-order valence-electron chi connectivity index (χ3n) is 3.36. The molecule has 0 saturated heterocycles. The number of carbonyl (C=O) groups is 1. The Morgan fingerprint density at radius 1 is 1.00 bits per heavy atom. The fraction of sp³-hybridized carbons (Fsp3) is 0.929. The first-order valence-electron chi connectivity index (χ1n) is 7.53. The second-order valence-corrected chi connectivity index (χ2v) is 6.74. The number of aliphatic carboxylic acids is 1. The number of carboxylic acid groups (broad SMARTS) is 1. The monoisotopic (exact) mass is 386 g/mol. The van der Waals surface area contributed by atoms with Gasteiger partial charge in [-0.2, -0.15) is 30.7 Å². The molecule has 0 heterocycles. The van der Waals surface area contributed by atoms with Gasteiger partial charge in [-0.3, -0.25) is 4.79 Å². The van der Waals surface area contributed by atoms with E-state index in [-0.39, 0.29) is 12.2 Å². The second kappa shape index (κ2) is 9.72. The molecule has 0 fully saturated rings. The minimum absolute atomic E-state index is 0.0637. The zero-order valence-corrected chi connectivity index (χ0v) is 14.0. The molecule has 0 rings (SSSR count). The highest BCUT2D eigenvalue weighted by molar-refractivity contribution is 8.00. The fourth-order valence-corrected chi connectivity index (χ4v) is 3.03. The van der Waals surface area contributed by atoms with Crippen LogP contribution in [0.3, 0.4) is 0 Å². The molecule has 0 aromatic heterocycles. The van der Waals surface area contributed by atoms with E-state index in [9.17, 15) is 35.5 Å². The molecule has 24 heavy (non-hydrogen) atoms. The van der Waals surface area contributed by atoms with E-state index >= 15 is 0 Å². The molecule has 144 valence electrons. The first-order valence-corrected chi connectivity index (χ1v) is 8.58. The smallest absolute Gasteiger partial charge is 0.459 e. The number of alkyl halides is 7. The van der Waals surface area contributed by atoms with E-state index in [1.54, 1.807) is 0 Å². The molecule has 0 bridgehead atoms. The molecule has 0 aliphatic rings. The summed E-state index contributed by atoms with van der Waals surface area (Å²) in [5.41, 5.74) is 0. The van der Waals surface area contributed by atoms with Gasteiger partial charge in [-0.15, -0.1) is 11.8 Å². The zero-order chi connectivity index (χ0) is 19.0. The van der Waals surface area contributed by atoms with Gasteiger partial charge >= 0.3 is 24.0 Å². The zero-order valence-electron chi connectivity index (χ0n) is 13.1. The lowest BCUT2D eigenvalue weighted by molar-refractivity contribution is -0.355. The number of rotatable bonds is 12. The molecule has 0 saturated carbocycles. The lowest BCUT2D eigenvalue weighted by Crippen LogP contribution is -2.51. The van der Waals surface area contributed by atoms with Crippen molar-refractivity contribution in [3.8, 4) is 0 Å². The summed E-state index contributed by atoms with van der Waals surface area (Å²) in [7, 11) is 0. The Hall–Kier alpha value is -0.670. The summed E-state index contributed by atoms with van der Waals surface area (Å²) in [4.78, 5) is 11.0. The van der Waals surface area contributed by atoms with E-state index in [1.165, 1.54) is 0 Å². The molecule has 0 aromatic rings. The van der Waals surface area contributed by atoms with Crippen molar-refractivity contribution in [3.05, 3.63) is 0 Å². The number of hydrogen-bond acceptors (Lipinski definition) is 2. The van der Waals surface area contributed by atoms with E-state index < -0.39 is 42.1 Å². The molecular weight excluding hydrogens is 365 g/mol. The summed E-state index contributed by atoms with van der Waals surface area (Å²) in [5, 5.41) is 8.26. The quantitative estimate of drug-likeness (QED) is 0.342. The molecule has 0 amide bonds. The van der Waals surface area contributed by atoms with Crippen LogP contribution in [0.2, 0.25) is 0 Å². The van der Waals surface area contributed by atoms with Crippen molar-refractivity contribution in [2.75, 3.05) is 5.75 Å². The number of unbranched alkanes of at least 4 members (excludes halogenated alkanes) is 3. The Balaban J connectivity index is 4.26. The van der Waals surface area contributed by atoms with Crippen LogP contribution < -0.4 is 0 Å². The summed E-state index contributed by atoms with van der Waals surface area (Å²) >= 11 is 0.990. The number of carboxylic acids is 1. The van der Waals surface area contributed by atoms with Gasteiger partial charge in [-0.25, -0.2) is 0 Å². The molecule has 0 aromatic carbocycles. The highest BCUT2D eigenvalue weighted by Crippen LogP contribution is 2.48. The van der Waals surface area contributed by atoms with Gasteiger partial charge in [0.05, 0.1) is 0 Å². The fourth-order valence-electron chi connectivity index (χ4n) is 1.90. The Morgan fingerprint density at radius 3 is 2.04 bits per heavy atom. The SMILES string of the molecule is CCCCCC(SCCCCC(F)(F)C(F)(F)C(F)(F)F)C(=O)O. The molecule has 1 unspecified atom stereocenters. The lowest BCUT2D eigenvalue weighted by atomic mass is 10.0. The average molecular weight is 386 g/mol. The van der Waals surface area contributed by atoms with Gasteiger partial charge in [-0.1, -0.05) is 26.2 Å². The average Bonchev–Trinajstić information content (AvgIpc) is 2.43. The molecular formula is C14H21F7O2S. The molecule has 0 aliphatic carbocycles. The number of thioether (sulfide) groups is 1. The van der Waals surface area contributed by atoms with E-state index in [2.05, 4.69) is 0 Å². The summed E-state index contributed by atoms with van der Waals surface area (Å²) in [5.74, 6) is -12.2. The lowest BCUT2D eigenvalue weighted by Gasteiger charge is -2.28. The minimum atomic E-state index is -6.31. The highest BCUT2D eigenvalue weighted by Gasteiger charge is 2.72.